The fourth-order valence-corrected chi connectivity index (χ4v) is 4.96. The molecule has 1 unspecified atom stereocenters. The lowest BCUT2D eigenvalue weighted by Crippen LogP contribution is -2.51. The largest absolute Gasteiger partial charge is 0.494 e. The Morgan fingerprint density at radius 1 is 0.780 bits per heavy atom. The molecule has 0 saturated heterocycles. The first-order chi connectivity index (χ1) is 19.9. The summed E-state index contributed by atoms with van der Waals surface area (Å²) in [4.78, 5) is 25.2. The number of hydrogen-bond acceptors (Lipinski definition) is 6. The van der Waals surface area contributed by atoms with E-state index in [0.717, 1.165) is 24.5 Å². The number of carboxylic acid groups (broad SMARTS) is 1. The molecule has 0 fully saturated rings. The summed E-state index contributed by atoms with van der Waals surface area (Å²) >= 11 is 0. The van der Waals surface area contributed by atoms with Gasteiger partial charge < -0.3 is 25.4 Å². The Labute approximate surface area is 248 Å². The summed E-state index contributed by atoms with van der Waals surface area (Å²) < 4.78 is 5.84. The molecule has 0 aromatic heterocycles. The minimum atomic E-state index is -0.907. The van der Waals surface area contributed by atoms with E-state index in [2.05, 4.69) is 19.2 Å². The van der Waals surface area contributed by atoms with Crippen molar-refractivity contribution in [2.24, 2.45) is 5.92 Å². The van der Waals surface area contributed by atoms with E-state index in [1.807, 2.05) is 0 Å². The summed E-state index contributed by atoms with van der Waals surface area (Å²) in [6.07, 6.45) is 18.2. The Balaban J connectivity index is 2.15. The van der Waals surface area contributed by atoms with Gasteiger partial charge in [0.15, 0.2) is 0 Å². The van der Waals surface area contributed by atoms with Gasteiger partial charge in [0.1, 0.15) is 11.9 Å². The maximum Gasteiger partial charge on any atom is 0.303 e. The van der Waals surface area contributed by atoms with Gasteiger partial charge in [0.2, 0.25) is 0 Å². The van der Waals surface area contributed by atoms with E-state index in [1.165, 1.54) is 77.0 Å². The van der Waals surface area contributed by atoms with Gasteiger partial charge >= 0.3 is 5.97 Å². The lowest BCUT2D eigenvalue weighted by molar-refractivity contribution is -0.137. The van der Waals surface area contributed by atoms with Crippen LogP contribution < -0.4 is 10.1 Å². The summed E-state index contributed by atoms with van der Waals surface area (Å²) in [5.74, 6) is 0.304. The molecule has 0 spiro atoms. The van der Waals surface area contributed by atoms with E-state index in [9.17, 15) is 19.8 Å². The number of nitrogens with one attached hydrogen (secondary N) is 1. The first-order valence-electron chi connectivity index (χ1n) is 16.1. The van der Waals surface area contributed by atoms with Crippen LogP contribution in [0.15, 0.2) is 24.3 Å². The van der Waals surface area contributed by atoms with Gasteiger partial charge in [-0.1, -0.05) is 97.3 Å². The number of hydrogen-bond donors (Lipinski definition) is 4. The molecule has 0 saturated carbocycles. The zero-order valence-electron chi connectivity index (χ0n) is 25.8. The molecule has 236 valence electrons. The number of rotatable bonds is 27. The van der Waals surface area contributed by atoms with Crippen molar-refractivity contribution >= 4 is 11.9 Å². The third-order valence-electron chi connectivity index (χ3n) is 7.45. The van der Waals surface area contributed by atoms with Gasteiger partial charge in [-0.25, -0.2) is 0 Å². The molecule has 8 heteroatoms. The van der Waals surface area contributed by atoms with Crippen molar-refractivity contribution in [2.75, 3.05) is 32.9 Å². The van der Waals surface area contributed by atoms with Crippen LogP contribution in [0.25, 0.3) is 0 Å². The number of carbonyl (C=O) groups excluding carboxylic acids is 1. The third kappa shape index (κ3) is 19.6. The predicted octanol–water partition coefficient (Wildman–Crippen LogP) is 6.39. The van der Waals surface area contributed by atoms with Crippen LogP contribution in [0.3, 0.4) is 0 Å². The highest BCUT2D eigenvalue weighted by molar-refractivity contribution is 5.94. The summed E-state index contributed by atoms with van der Waals surface area (Å²) in [6, 6.07) is 6.92. The standard InChI is InChI=1S/C33H58N2O6/c1-28(2)17-14-12-10-8-6-4-3-5-7-9-11-13-15-26-41-30-21-19-29(20-22-30)33(40)34-31(27-37)35(24-25-36)23-16-18-32(38)39/h19-22,28,31,36-37H,3-18,23-27H2,1-2H3,(H,34,40)(H,38,39). The number of benzene rings is 1. The summed E-state index contributed by atoms with van der Waals surface area (Å²) in [5, 5.41) is 30.7. The number of unbranched alkanes of at least 4 members (excludes halogenated alkanes) is 12. The van der Waals surface area contributed by atoms with Gasteiger partial charge in [-0.2, -0.15) is 0 Å². The molecular formula is C33H58N2O6. The van der Waals surface area contributed by atoms with Crippen LogP contribution >= 0.6 is 0 Å². The number of nitrogens with zero attached hydrogens (tertiary/aromatic N) is 1. The fraction of sp³-hybridized carbons (Fsp3) is 0.758. The topological polar surface area (TPSA) is 119 Å². The van der Waals surface area contributed by atoms with Gasteiger partial charge in [0, 0.05) is 25.1 Å². The molecular weight excluding hydrogens is 520 g/mol. The lowest BCUT2D eigenvalue weighted by Gasteiger charge is -2.30. The Hall–Kier alpha value is -2.16. The van der Waals surface area contributed by atoms with Gasteiger partial charge in [0.25, 0.3) is 5.91 Å². The van der Waals surface area contributed by atoms with Crippen molar-refractivity contribution in [3.8, 4) is 5.75 Å². The van der Waals surface area contributed by atoms with E-state index >= 15 is 0 Å². The Kier molecular flexibility index (Phi) is 22.0. The van der Waals surface area contributed by atoms with E-state index in [4.69, 9.17) is 9.84 Å². The van der Waals surface area contributed by atoms with Crippen LogP contribution in [0.5, 0.6) is 5.75 Å². The molecule has 41 heavy (non-hydrogen) atoms. The summed E-state index contributed by atoms with van der Waals surface area (Å²) in [5.41, 5.74) is 0.437. The monoisotopic (exact) mass is 578 g/mol. The minimum absolute atomic E-state index is 0.0193. The third-order valence-corrected chi connectivity index (χ3v) is 7.45. The van der Waals surface area contributed by atoms with Crippen LogP contribution in [-0.4, -0.2) is 71.2 Å². The molecule has 1 rings (SSSR count). The lowest BCUT2D eigenvalue weighted by atomic mass is 10.0. The minimum Gasteiger partial charge on any atom is -0.494 e. The number of aliphatic carboxylic acids is 1. The van der Waals surface area contributed by atoms with Gasteiger partial charge in [-0.3, -0.25) is 14.5 Å². The highest BCUT2D eigenvalue weighted by Crippen LogP contribution is 2.16. The molecule has 0 heterocycles. The SMILES string of the molecule is CC(C)CCCCCCCCCCCCCCCOc1ccc(C(=O)NC(CO)N(CCO)CCCC(=O)O)cc1. The predicted molar refractivity (Wildman–Crippen MR) is 165 cm³/mol. The molecule has 0 radical (unpaired) electrons. The molecule has 1 atom stereocenters. The van der Waals surface area contributed by atoms with Gasteiger partial charge in [0.05, 0.1) is 19.8 Å². The zero-order valence-corrected chi connectivity index (χ0v) is 25.8. The van der Waals surface area contributed by atoms with Crippen LogP contribution in [-0.2, 0) is 4.79 Å². The number of carbonyl (C=O) groups is 2. The highest BCUT2D eigenvalue weighted by Gasteiger charge is 2.20. The first kappa shape index (κ1) is 36.9. The Morgan fingerprint density at radius 3 is 1.80 bits per heavy atom. The van der Waals surface area contributed by atoms with Crippen LogP contribution in [0.4, 0.5) is 0 Å². The maximum atomic E-state index is 12.7. The van der Waals surface area contributed by atoms with Crippen molar-refractivity contribution in [2.45, 2.75) is 123 Å². The Bertz CT molecular complexity index is 786. The van der Waals surface area contributed by atoms with E-state index in [1.54, 1.807) is 29.2 Å². The molecule has 1 aromatic rings. The molecule has 0 bridgehead atoms. The molecule has 0 aliphatic carbocycles. The first-order valence-corrected chi connectivity index (χ1v) is 16.1. The fourth-order valence-electron chi connectivity index (χ4n) is 4.96. The van der Waals surface area contributed by atoms with Crippen LogP contribution in [0.2, 0.25) is 0 Å². The number of carboxylic acids is 1. The number of ether oxygens (including phenoxy) is 1. The molecule has 4 N–H and O–H groups in total. The normalized spacial score (nSPS) is 12.1. The van der Waals surface area contributed by atoms with Crippen molar-refractivity contribution in [3.05, 3.63) is 29.8 Å². The molecule has 1 aromatic carbocycles. The van der Waals surface area contributed by atoms with Crippen molar-refractivity contribution in [1.82, 2.24) is 10.2 Å². The number of amides is 1. The van der Waals surface area contributed by atoms with E-state index in [0.29, 0.717) is 25.1 Å². The van der Waals surface area contributed by atoms with Crippen molar-refractivity contribution < 1.29 is 29.6 Å². The van der Waals surface area contributed by atoms with E-state index in [-0.39, 0.29) is 32.1 Å². The van der Waals surface area contributed by atoms with Crippen LogP contribution in [0.1, 0.15) is 127 Å². The Morgan fingerprint density at radius 2 is 1.32 bits per heavy atom. The summed E-state index contributed by atoms with van der Waals surface area (Å²) in [7, 11) is 0. The van der Waals surface area contributed by atoms with Crippen molar-refractivity contribution in [1.29, 1.82) is 0 Å². The number of aliphatic hydroxyl groups is 2. The number of aliphatic hydroxyl groups excluding tert-OH is 2. The molecule has 0 aliphatic rings. The quantitative estimate of drug-likeness (QED) is 0.0705. The van der Waals surface area contributed by atoms with Gasteiger partial charge in [-0.05, 0) is 43.0 Å². The maximum absolute atomic E-state index is 12.7. The van der Waals surface area contributed by atoms with Crippen molar-refractivity contribution in [3.63, 3.8) is 0 Å². The second-order valence-corrected chi connectivity index (χ2v) is 11.6. The summed E-state index contributed by atoms with van der Waals surface area (Å²) in [6.45, 7) is 5.32. The smallest absolute Gasteiger partial charge is 0.303 e. The van der Waals surface area contributed by atoms with Crippen LogP contribution in [0, 0.1) is 5.92 Å². The molecule has 1 amide bonds. The second-order valence-electron chi connectivity index (χ2n) is 11.6. The molecule has 0 aliphatic heterocycles. The van der Waals surface area contributed by atoms with Gasteiger partial charge in [-0.15, -0.1) is 0 Å². The zero-order chi connectivity index (χ0) is 30.1. The molecule has 8 nitrogen and oxygen atoms in total. The average Bonchev–Trinajstić information content (AvgIpc) is 2.95. The highest BCUT2D eigenvalue weighted by atomic mass is 16.5. The average molecular weight is 579 g/mol. The van der Waals surface area contributed by atoms with E-state index < -0.39 is 12.1 Å². The second kappa shape index (κ2) is 24.4.